The van der Waals surface area contributed by atoms with Crippen LogP contribution >= 0.6 is 0 Å². The fraction of sp³-hybridized carbons (Fsp3) is 0.625. The first kappa shape index (κ1) is 16.2. The molecule has 108 valence electrons. The molecular weight excluding hydrogens is 238 g/mol. The van der Waals surface area contributed by atoms with Gasteiger partial charge in [0.2, 0.25) is 0 Å². The molecule has 0 fully saturated rings. The van der Waals surface area contributed by atoms with E-state index in [9.17, 15) is 0 Å². The molecule has 0 spiro atoms. The Labute approximate surface area is 117 Å². The monoisotopic (exact) mass is 265 g/mol. The zero-order valence-corrected chi connectivity index (χ0v) is 12.2. The van der Waals surface area contributed by atoms with Crippen molar-refractivity contribution >= 4 is 0 Å². The third-order valence-electron chi connectivity index (χ3n) is 2.95. The van der Waals surface area contributed by atoms with Crippen molar-refractivity contribution in [2.75, 3.05) is 33.0 Å². The van der Waals surface area contributed by atoms with Crippen LogP contribution in [-0.2, 0) is 9.47 Å². The molecule has 0 heterocycles. The first-order valence-corrected chi connectivity index (χ1v) is 7.32. The standard InChI is InChI=1S/C16H27NO2/c1-3-5-11-18-12-13-19-14-16(17-4-2)15-9-7-6-8-10-15/h6-10,16-17H,3-5,11-14H2,1-2H3. The van der Waals surface area contributed by atoms with Crippen LogP contribution < -0.4 is 5.32 Å². The summed E-state index contributed by atoms with van der Waals surface area (Å²) in [5.74, 6) is 0. The Balaban J connectivity index is 2.20. The normalized spacial score (nSPS) is 12.5. The van der Waals surface area contributed by atoms with Crippen molar-refractivity contribution in [3.05, 3.63) is 35.9 Å². The second kappa shape index (κ2) is 11.0. The lowest BCUT2D eigenvalue weighted by molar-refractivity contribution is 0.0382. The van der Waals surface area contributed by atoms with E-state index in [1.165, 1.54) is 12.0 Å². The Morgan fingerprint density at radius 3 is 2.42 bits per heavy atom. The van der Waals surface area contributed by atoms with Crippen molar-refractivity contribution in [3.63, 3.8) is 0 Å². The topological polar surface area (TPSA) is 30.5 Å². The van der Waals surface area contributed by atoms with E-state index in [0.717, 1.165) is 19.6 Å². The van der Waals surface area contributed by atoms with Crippen molar-refractivity contribution in [1.82, 2.24) is 5.32 Å². The smallest absolute Gasteiger partial charge is 0.0701 e. The van der Waals surface area contributed by atoms with E-state index < -0.39 is 0 Å². The SMILES string of the molecule is CCCCOCCOCC(NCC)c1ccccc1. The number of hydrogen-bond acceptors (Lipinski definition) is 3. The van der Waals surface area contributed by atoms with Crippen LogP contribution in [0.5, 0.6) is 0 Å². The molecule has 0 saturated heterocycles. The molecule has 0 saturated carbocycles. The molecule has 1 unspecified atom stereocenters. The van der Waals surface area contributed by atoms with Gasteiger partial charge < -0.3 is 14.8 Å². The number of unbranched alkanes of at least 4 members (excludes halogenated alkanes) is 1. The van der Waals surface area contributed by atoms with Crippen molar-refractivity contribution in [2.45, 2.75) is 32.7 Å². The lowest BCUT2D eigenvalue weighted by Gasteiger charge is -2.18. The molecule has 1 aromatic rings. The molecule has 0 aliphatic carbocycles. The predicted molar refractivity (Wildman–Crippen MR) is 79.4 cm³/mol. The van der Waals surface area contributed by atoms with Crippen LogP contribution in [0.1, 0.15) is 38.3 Å². The van der Waals surface area contributed by atoms with Crippen molar-refractivity contribution in [3.8, 4) is 0 Å². The van der Waals surface area contributed by atoms with E-state index in [2.05, 4.69) is 43.4 Å². The highest BCUT2D eigenvalue weighted by molar-refractivity contribution is 5.18. The van der Waals surface area contributed by atoms with E-state index >= 15 is 0 Å². The van der Waals surface area contributed by atoms with Gasteiger partial charge in [-0.15, -0.1) is 0 Å². The van der Waals surface area contributed by atoms with Crippen molar-refractivity contribution in [2.24, 2.45) is 0 Å². The number of likely N-dealkylation sites (N-methyl/N-ethyl adjacent to an activating group) is 1. The molecule has 19 heavy (non-hydrogen) atoms. The molecule has 1 N–H and O–H groups in total. The van der Waals surface area contributed by atoms with Crippen LogP contribution in [0, 0.1) is 0 Å². The first-order valence-electron chi connectivity index (χ1n) is 7.32. The molecule has 0 bridgehead atoms. The van der Waals surface area contributed by atoms with Gasteiger partial charge in [-0.05, 0) is 18.5 Å². The molecular formula is C16H27NO2. The van der Waals surface area contributed by atoms with Crippen LogP contribution in [0.4, 0.5) is 0 Å². The number of nitrogens with one attached hydrogen (secondary N) is 1. The molecule has 0 aromatic heterocycles. The minimum Gasteiger partial charge on any atom is -0.379 e. The van der Waals surface area contributed by atoms with Gasteiger partial charge in [-0.2, -0.15) is 0 Å². The molecule has 1 atom stereocenters. The third kappa shape index (κ3) is 7.31. The summed E-state index contributed by atoms with van der Waals surface area (Å²) in [6, 6.07) is 10.7. The lowest BCUT2D eigenvalue weighted by atomic mass is 10.1. The summed E-state index contributed by atoms with van der Waals surface area (Å²) < 4.78 is 11.2. The van der Waals surface area contributed by atoms with Crippen LogP contribution in [0.15, 0.2) is 30.3 Å². The van der Waals surface area contributed by atoms with Crippen molar-refractivity contribution in [1.29, 1.82) is 0 Å². The molecule has 0 amide bonds. The largest absolute Gasteiger partial charge is 0.379 e. The van der Waals surface area contributed by atoms with Crippen molar-refractivity contribution < 1.29 is 9.47 Å². The van der Waals surface area contributed by atoms with Crippen LogP contribution in [0.3, 0.4) is 0 Å². The quantitative estimate of drug-likeness (QED) is 0.623. The van der Waals surface area contributed by atoms with E-state index in [-0.39, 0.29) is 6.04 Å². The van der Waals surface area contributed by atoms with Gasteiger partial charge in [-0.1, -0.05) is 50.6 Å². The number of rotatable bonds is 11. The summed E-state index contributed by atoms with van der Waals surface area (Å²) in [6.45, 7) is 8.11. The van der Waals surface area contributed by atoms with Crippen LogP contribution in [-0.4, -0.2) is 33.0 Å². The molecule has 0 radical (unpaired) electrons. The molecule has 0 aliphatic heterocycles. The Morgan fingerprint density at radius 1 is 1.00 bits per heavy atom. The van der Waals surface area contributed by atoms with Gasteiger partial charge in [0.1, 0.15) is 0 Å². The summed E-state index contributed by atoms with van der Waals surface area (Å²) in [7, 11) is 0. The van der Waals surface area contributed by atoms with Crippen LogP contribution in [0.2, 0.25) is 0 Å². The zero-order valence-electron chi connectivity index (χ0n) is 12.2. The number of benzene rings is 1. The summed E-state index contributed by atoms with van der Waals surface area (Å²) >= 11 is 0. The predicted octanol–water partition coefficient (Wildman–Crippen LogP) is 3.17. The van der Waals surface area contributed by atoms with Gasteiger partial charge in [0, 0.05) is 6.61 Å². The van der Waals surface area contributed by atoms with Gasteiger partial charge in [0.05, 0.1) is 25.9 Å². The summed E-state index contributed by atoms with van der Waals surface area (Å²) in [5.41, 5.74) is 1.27. The van der Waals surface area contributed by atoms with Gasteiger partial charge in [0.25, 0.3) is 0 Å². The summed E-state index contributed by atoms with van der Waals surface area (Å²) in [4.78, 5) is 0. The highest BCUT2D eigenvalue weighted by Crippen LogP contribution is 2.12. The Hall–Kier alpha value is -0.900. The molecule has 3 nitrogen and oxygen atoms in total. The van der Waals surface area contributed by atoms with E-state index in [0.29, 0.717) is 19.8 Å². The Morgan fingerprint density at radius 2 is 1.74 bits per heavy atom. The highest BCUT2D eigenvalue weighted by Gasteiger charge is 2.09. The van der Waals surface area contributed by atoms with Gasteiger partial charge in [0.15, 0.2) is 0 Å². The van der Waals surface area contributed by atoms with Gasteiger partial charge >= 0.3 is 0 Å². The van der Waals surface area contributed by atoms with Crippen LogP contribution in [0.25, 0.3) is 0 Å². The first-order chi connectivity index (χ1) is 9.38. The highest BCUT2D eigenvalue weighted by atomic mass is 16.5. The summed E-state index contributed by atoms with van der Waals surface area (Å²) in [6.07, 6.45) is 2.31. The minimum absolute atomic E-state index is 0.266. The van der Waals surface area contributed by atoms with Gasteiger partial charge in [-0.25, -0.2) is 0 Å². The minimum atomic E-state index is 0.266. The fourth-order valence-electron chi connectivity index (χ4n) is 1.87. The lowest BCUT2D eigenvalue weighted by Crippen LogP contribution is -2.26. The molecule has 1 aromatic carbocycles. The molecule has 1 rings (SSSR count). The molecule has 3 heteroatoms. The fourth-order valence-corrected chi connectivity index (χ4v) is 1.87. The van der Waals surface area contributed by atoms with E-state index in [4.69, 9.17) is 9.47 Å². The summed E-state index contributed by atoms with van der Waals surface area (Å²) in [5, 5.41) is 3.44. The van der Waals surface area contributed by atoms with E-state index in [1.807, 2.05) is 6.07 Å². The maximum Gasteiger partial charge on any atom is 0.0701 e. The van der Waals surface area contributed by atoms with Gasteiger partial charge in [-0.3, -0.25) is 0 Å². The zero-order chi connectivity index (χ0) is 13.8. The number of hydrogen-bond donors (Lipinski definition) is 1. The number of ether oxygens (including phenoxy) is 2. The third-order valence-corrected chi connectivity index (χ3v) is 2.95. The average molecular weight is 265 g/mol. The second-order valence-corrected chi connectivity index (χ2v) is 4.56. The molecule has 0 aliphatic rings. The maximum atomic E-state index is 5.70. The average Bonchev–Trinajstić information content (AvgIpc) is 2.46. The Kier molecular flexibility index (Phi) is 9.33. The van der Waals surface area contributed by atoms with E-state index in [1.54, 1.807) is 0 Å². The Bertz CT molecular complexity index is 303. The maximum absolute atomic E-state index is 5.70. The second-order valence-electron chi connectivity index (χ2n) is 4.56.